The summed E-state index contributed by atoms with van der Waals surface area (Å²) >= 11 is 0. The van der Waals surface area contributed by atoms with E-state index in [1.54, 1.807) is 6.20 Å². The van der Waals surface area contributed by atoms with Crippen molar-refractivity contribution in [2.24, 2.45) is 23.7 Å². The summed E-state index contributed by atoms with van der Waals surface area (Å²) in [5, 5.41) is 10.2. The zero-order valence-electron chi connectivity index (χ0n) is 14.7. The van der Waals surface area contributed by atoms with Crippen LogP contribution >= 0.6 is 0 Å². The number of carbonyl (C=O) groups excluding carboxylic acids is 1. The van der Waals surface area contributed by atoms with Gasteiger partial charge in [-0.2, -0.15) is 5.10 Å². The quantitative estimate of drug-likeness (QED) is 0.811. The molecule has 0 aliphatic carbocycles. The van der Waals surface area contributed by atoms with Gasteiger partial charge in [-0.3, -0.25) is 5.32 Å². The fourth-order valence-electron chi connectivity index (χ4n) is 3.17. The predicted octanol–water partition coefficient (Wildman–Crippen LogP) is 2.97. The molecule has 1 saturated heterocycles. The highest BCUT2D eigenvalue weighted by Gasteiger charge is 2.20. The summed E-state index contributed by atoms with van der Waals surface area (Å²) < 4.78 is 7.24. The van der Waals surface area contributed by atoms with E-state index in [1.165, 1.54) is 0 Å². The Labute approximate surface area is 139 Å². The highest BCUT2D eigenvalue weighted by atomic mass is 16.5. The lowest BCUT2D eigenvalue weighted by atomic mass is 9.85. The van der Waals surface area contributed by atoms with Gasteiger partial charge in [0, 0.05) is 31.7 Å². The number of aromatic nitrogens is 2. The number of amides is 2. The fraction of sp³-hybridized carbons (Fsp3) is 0.765. The van der Waals surface area contributed by atoms with Crippen LogP contribution in [0.3, 0.4) is 0 Å². The molecular formula is C17H30N4O2. The Bertz CT molecular complexity index is 485. The summed E-state index contributed by atoms with van der Waals surface area (Å²) in [6, 6.07) is 1.67. The Morgan fingerprint density at radius 2 is 2.13 bits per heavy atom. The molecule has 6 heteroatoms. The van der Waals surface area contributed by atoms with Crippen LogP contribution in [0.5, 0.6) is 0 Å². The normalized spacial score (nSPS) is 18.1. The third-order valence-electron chi connectivity index (χ3n) is 4.62. The second-order valence-electron chi connectivity index (χ2n) is 7.12. The van der Waals surface area contributed by atoms with Gasteiger partial charge in [0.2, 0.25) is 0 Å². The van der Waals surface area contributed by atoms with Gasteiger partial charge in [-0.05, 0) is 24.2 Å². The molecule has 1 aromatic heterocycles. The van der Waals surface area contributed by atoms with Crippen molar-refractivity contribution in [2.75, 3.05) is 25.1 Å². The lowest BCUT2D eigenvalue weighted by Gasteiger charge is -2.25. The van der Waals surface area contributed by atoms with Crippen molar-refractivity contribution in [2.45, 2.75) is 40.7 Å². The standard InChI is InChI=1S/C17H30N4O2/c1-12(2)15(13(3)4)9-18-17(22)20-16-5-7-19-21(16)10-14-6-8-23-11-14/h5,7,12-15H,6,8-11H2,1-4H3,(H2,18,20,22)/t14-/m0/s1. The van der Waals surface area contributed by atoms with Crippen LogP contribution in [0.4, 0.5) is 10.6 Å². The number of hydrogen-bond donors (Lipinski definition) is 2. The van der Waals surface area contributed by atoms with Crippen LogP contribution in [0.15, 0.2) is 12.3 Å². The minimum Gasteiger partial charge on any atom is -0.381 e. The lowest BCUT2D eigenvalue weighted by Crippen LogP contribution is -2.37. The van der Waals surface area contributed by atoms with Crippen molar-refractivity contribution in [3.05, 3.63) is 12.3 Å². The molecule has 2 rings (SSSR count). The maximum absolute atomic E-state index is 12.2. The fourth-order valence-corrected chi connectivity index (χ4v) is 3.17. The van der Waals surface area contributed by atoms with E-state index in [0.29, 0.717) is 30.2 Å². The molecule has 0 bridgehead atoms. The summed E-state index contributed by atoms with van der Waals surface area (Å²) in [6.45, 7) is 11.9. The number of urea groups is 1. The third kappa shape index (κ3) is 5.23. The second-order valence-corrected chi connectivity index (χ2v) is 7.12. The van der Waals surface area contributed by atoms with Crippen molar-refractivity contribution in [3.63, 3.8) is 0 Å². The first-order chi connectivity index (χ1) is 11.0. The van der Waals surface area contributed by atoms with Crippen molar-refractivity contribution < 1.29 is 9.53 Å². The van der Waals surface area contributed by atoms with Crippen molar-refractivity contribution in [1.82, 2.24) is 15.1 Å². The molecule has 0 saturated carbocycles. The van der Waals surface area contributed by atoms with E-state index in [1.807, 2.05) is 10.7 Å². The molecule has 0 spiro atoms. The maximum Gasteiger partial charge on any atom is 0.320 e. The van der Waals surface area contributed by atoms with E-state index in [4.69, 9.17) is 4.74 Å². The first kappa shape index (κ1) is 17.8. The van der Waals surface area contributed by atoms with Crippen LogP contribution in [-0.2, 0) is 11.3 Å². The van der Waals surface area contributed by atoms with E-state index >= 15 is 0 Å². The molecule has 130 valence electrons. The molecule has 0 unspecified atom stereocenters. The minimum atomic E-state index is -0.166. The van der Waals surface area contributed by atoms with Gasteiger partial charge in [0.1, 0.15) is 5.82 Å². The number of hydrogen-bond acceptors (Lipinski definition) is 3. The summed E-state index contributed by atoms with van der Waals surface area (Å²) in [7, 11) is 0. The van der Waals surface area contributed by atoms with E-state index in [0.717, 1.165) is 32.0 Å². The molecule has 1 aliphatic heterocycles. The number of carbonyl (C=O) groups is 1. The highest BCUT2D eigenvalue weighted by Crippen LogP contribution is 2.20. The molecule has 6 nitrogen and oxygen atoms in total. The van der Waals surface area contributed by atoms with Crippen molar-refractivity contribution in [3.8, 4) is 0 Å². The Hall–Kier alpha value is -1.56. The van der Waals surface area contributed by atoms with Crippen LogP contribution in [0.25, 0.3) is 0 Å². The van der Waals surface area contributed by atoms with Crippen LogP contribution < -0.4 is 10.6 Å². The van der Waals surface area contributed by atoms with Gasteiger partial charge in [-0.1, -0.05) is 27.7 Å². The SMILES string of the molecule is CC(C)C(CNC(=O)Nc1ccnn1C[C@@H]1CCOC1)C(C)C. The Morgan fingerprint density at radius 3 is 2.74 bits per heavy atom. The van der Waals surface area contributed by atoms with Crippen LogP contribution in [0, 0.1) is 23.7 Å². The Morgan fingerprint density at radius 1 is 1.39 bits per heavy atom. The van der Waals surface area contributed by atoms with Gasteiger partial charge in [-0.25, -0.2) is 9.48 Å². The number of anilines is 1. The van der Waals surface area contributed by atoms with Crippen molar-refractivity contribution >= 4 is 11.8 Å². The molecule has 2 N–H and O–H groups in total. The zero-order chi connectivity index (χ0) is 16.8. The van der Waals surface area contributed by atoms with Gasteiger partial charge < -0.3 is 10.1 Å². The van der Waals surface area contributed by atoms with Gasteiger partial charge in [0.25, 0.3) is 0 Å². The molecular weight excluding hydrogens is 292 g/mol. The van der Waals surface area contributed by atoms with E-state index < -0.39 is 0 Å². The molecule has 1 atom stereocenters. The summed E-state index contributed by atoms with van der Waals surface area (Å²) in [5.41, 5.74) is 0. The molecule has 1 fully saturated rings. The first-order valence-electron chi connectivity index (χ1n) is 8.61. The maximum atomic E-state index is 12.2. The number of rotatable bonds is 7. The van der Waals surface area contributed by atoms with Crippen molar-refractivity contribution in [1.29, 1.82) is 0 Å². The number of nitrogens with one attached hydrogen (secondary N) is 2. The number of ether oxygens (including phenoxy) is 1. The molecule has 0 radical (unpaired) electrons. The lowest BCUT2D eigenvalue weighted by molar-refractivity contribution is 0.181. The summed E-state index contributed by atoms with van der Waals surface area (Å²) in [4.78, 5) is 12.2. The second kappa shape index (κ2) is 8.34. The Balaban J connectivity index is 1.84. The largest absolute Gasteiger partial charge is 0.381 e. The number of nitrogens with zero attached hydrogens (tertiary/aromatic N) is 2. The summed E-state index contributed by atoms with van der Waals surface area (Å²) in [6.07, 6.45) is 2.77. The monoisotopic (exact) mass is 322 g/mol. The third-order valence-corrected chi connectivity index (χ3v) is 4.62. The van der Waals surface area contributed by atoms with Gasteiger partial charge in [0.05, 0.1) is 12.8 Å². The van der Waals surface area contributed by atoms with E-state index in [2.05, 4.69) is 43.4 Å². The van der Waals surface area contributed by atoms with Gasteiger partial charge in [0.15, 0.2) is 0 Å². The smallest absolute Gasteiger partial charge is 0.320 e. The molecule has 23 heavy (non-hydrogen) atoms. The minimum absolute atomic E-state index is 0.166. The Kier molecular flexibility index (Phi) is 6.45. The first-order valence-corrected chi connectivity index (χ1v) is 8.61. The average molecular weight is 322 g/mol. The molecule has 2 heterocycles. The molecule has 1 aliphatic rings. The topological polar surface area (TPSA) is 68.2 Å². The molecule has 2 amide bonds. The van der Waals surface area contributed by atoms with Crippen LogP contribution in [0.2, 0.25) is 0 Å². The van der Waals surface area contributed by atoms with E-state index in [-0.39, 0.29) is 6.03 Å². The van der Waals surface area contributed by atoms with Gasteiger partial charge >= 0.3 is 6.03 Å². The summed E-state index contributed by atoms with van der Waals surface area (Å²) in [5.74, 6) is 2.78. The average Bonchev–Trinajstić information content (AvgIpc) is 3.11. The predicted molar refractivity (Wildman–Crippen MR) is 91.3 cm³/mol. The van der Waals surface area contributed by atoms with Crippen LogP contribution in [-0.4, -0.2) is 35.6 Å². The van der Waals surface area contributed by atoms with Crippen LogP contribution in [0.1, 0.15) is 34.1 Å². The highest BCUT2D eigenvalue weighted by molar-refractivity contribution is 5.88. The van der Waals surface area contributed by atoms with E-state index in [9.17, 15) is 4.79 Å². The zero-order valence-corrected chi connectivity index (χ0v) is 14.7. The molecule has 1 aromatic rings. The molecule has 0 aromatic carbocycles. The van der Waals surface area contributed by atoms with Gasteiger partial charge in [-0.15, -0.1) is 0 Å².